The summed E-state index contributed by atoms with van der Waals surface area (Å²) in [5.74, 6) is -4.17. The Labute approximate surface area is 175 Å². The van der Waals surface area contributed by atoms with Crippen molar-refractivity contribution in [1.82, 2.24) is 10.6 Å². The highest BCUT2D eigenvalue weighted by Gasteiger charge is 2.61. The number of benzene rings is 1. The van der Waals surface area contributed by atoms with Crippen LogP contribution in [0.1, 0.15) is 38.1 Å². The van der Waals surface area contributed by atoms with E-state index >= 15 is 0 Å². The molecule has 4 atom stereocenters. The van der Waals surface area contributed by atoms with Crippen molar-refractivity contribution in [3.05, 3.63) is 35.9 Å². The molecule has 1 aromatic carbocycles. The Balaban J connectivity index is 2.10. The lowest BCUT2D eigenvalue weighted by molar-refractivity contribution is -0.145. The minimum absolute atomic E-state index is 0.0711. The smallest absolute Gasteiger partial charge is 0.408 e. The van der Waals surface area contributed by atoms with Gasteiger partial charge in [0, 0.05) is 18.0 Å². The molecule has 30 heavy (non-hydrogen) atoms. The lowest BCUT2D eigenvalue weighted by atomic mass is 10.1. The molecule has 0 aromatic heterocycles. The zero-order valence-electron chi connectivity index (χ0n) is 17.5. The summed E-state index contributed by atoms with van der Waals surface area (Å²) >= 11 is 0. The molecule has 0 bridgehead atoms. The van der Waals surface area contributed by atoms with E-state index in [2.05, 4.69) is 10.6 Å². The van der Waals surface area contributed by atoms with E-state index in [0.29, 0.717) is 5.56 Å². The lowest BCUT2D eigenvalue weighted by Crippen LogP contribution is -2.46. The van der Waals surface area contributed by atoms with Crippen LogP contribution in [-0.2, 0) is 19.1 Å². The largest absolute Gasteiger partial charge is 0.480 e. The minimum Gasteiger partial charge on any atom is -0.480 e. The van der Waals surface area contributed by atoms with Gasteiger partial charge < -0.3 is 25.2 Å². The molecule has 3 N–H and O–H groups in total. The first-order valence-corrected chi connectivity index (χ1v) is 9.77. The first-order valence-electron chi connectivity index (χ1n) is 9.77. The second-order valence-electron chi connectivity index (χ2n) is 8.06. The Morgan fingerprint density at radius 2 is 1.77 bits per heavy atom. The van der Waals surface area contributed by atoms with Crippen LogP contribution in [0.3, 0.4) is 0 Å². The third-order valence-corrected chi connectivity index (χ3v) is 4.65. The third kappa shape index (κ3) is 6.20. The average Bonchev–Trinajstić information content (AvgIpc) is 3.37. The maximum Gasteiger partial charge on any atom is 0.408 e. The normalized spacial score (nSPS) is 21.1. The van der Waals surface area contributed by atoms with Gasteiger partial charge in [0.25, 0.3) is 5.91 Å². The van der Waals surface area contributed by atoms with Crippen molar-refractivity contribution >= 4 is 23.9 Å². The van der Waals surface area contributed by atoms with Gasteiger partial charge in [-0.05, 0) is 45.7 Å². The number of amides is 2. The van der Waals surface area contributed by atoms with Crippen LogP contribution < -0.4 is 10.6 Å². The van der Waals surface area contributed by atoms with Crippen LogP contribution in [0.25, 0.3) is 0 Å². The van der Waals surface area contributed by atoms with E-state index in [4.69, 9.17) is 9.47 Å². The second-order valence-corrected chi connectivity index (χ2v) is 8.06. The van der Waals surface area contributed by atoms with Crippen LogP contribution in [0.4, 0.5) is 4.79 Å². The third-order valence-electron chi connectivity index (χ3n) is 4.65. The molecule has 0 aliphatic heterocycles. The molecule has 3 unspecified atom stereocenters. The number of hydrogen-bond acceptors (Lipinski definition) is 6. The molecule has 1 saturated carbocycles. The van der Waals surface area contributed by atoms with Crippen molar-refractivity contribution in [3.63, 3.8) is 0 Å². The van der Waals surface area contributed by atoms with Crippen molar-refractivity contribution < 1.29 is 33.8 Å². The molecule has 2 rings (SSSR count). The molecule has 0 spiro atoms. The van der Waals surface area contributed by atoms with Crippen molar-refractivity contribution in [2.45, 2.75) is 39.3 Å². The van der Waals surface area contributed by atoms with Crippen LogP contribution in [0.15, 0.2) is 30.3 Å². The van der Waals surface area contributed by atoms with Crippen molar-refractivity contribution in [1.29, 1.82) is 0 Å². The number of esters is 1. The summed E-state index contributed by atoms with van der Waals surface area (Å²) in [6.07, 6.45) is -0.892. The van der Waals surface area contributed by atoms with Gasteiger partial charge in [-0.25, -0.2) is 9.59 Å². The van der Waals surface area contributed by atoms with E-state index < -0.39 is 47.4 Å². The van der Waals surface area contributed by atoms with Crippen LogP contribution in [0.2, 0.25) is 0 Å². The van der Waals surface area contributed by atoms with Gasteiger partial charge in [0.2, 0.25) is 0 Å². The highest BCUT2D eigenvalue weighted by atomic mass is 16.6. The van der Waals surface area contributed by atoms with Gasteiger partial charge in [-0.1, -0.05) is 18.2 Å². The first-order chi connectivity index (χ1) is 14.0. The van der Waals surface area contributed by atoms with Gasteiger partial charge >= 0.3 is 18.0 Å². The molecular weight excluding hydrogens is 392 g/mol. The highest BCUT2D eigenvalue weighted by Crippen LogP contribution is 2.49. The van der Waals surface area contributed by atoms with Crippen molar-refractivity contribution in [2.24, 2.45) is 17.8 Å². The van der Waals surface area contributed by atoms with Gasteiger partial charge in [-0.3, -0.25) is 9.59 Å². The Bertz CT molecular complexity index is 788. The first kappa shape index (κ1) is 23.2. The topological polar surface area (TPSA) is 131 Å². The van der Waals surface area contributed by atoms with E-state index in [1.165, 1.54) is 0 Å². The Hall–Kier alpha value is -3.10. The number of hydrogen-bond donors (Lipinski definition) is 3. The number of rotatable bonds is 8. The summed E-state index contributed by atoms with van der Waals surface area (Å²) in [7, 11) is 0. The lowest BCUT2D eigenvalue weighted by Gasteiger charge is -2.22. The van der Waals surface area contributed by atoms with Crippen LogP contribution in [-0.4, -0.2) is 53.8 Å². The minimum atomic E-state index is -1.35. The summed E-state index contributed by atoms with van der Waals surface area (Å²) in [6, 6.07) is 7.17. The second kappa shape index (κ2) is 9.60. The van der Waals surface area contributed by atoms with E-state index in [-0.39, 0.29) is 19.1 Å². The fourth-order valence-corrected chi connectivity index (χ4v) is 3.35. The maximum absolute atomic E-state index is 12.3. The molecular formula is C21H28N2O7. The summed E-state index contributed by atoms with van der Waals surface area (Å²) in [5.41, 5.74) is -0.357. The van der Waals surface area contributed by atoms with Gasteiger partial charge in [0.1, 0.15) is 11.6 Å². The molecule has 9 nitrogen and oxygen atoms in total. The summed E-state index contributed by atoms with van der Waals surface area (Å²) in [6.45, 7) is 6.83. The highest BCUT2D eigenvalue weighted by molar-refractivity contribution is 5.94. The predicted octanol–water partition coefficient (Wildman–Crippen LogP) is 1.82. The molecule has 9 heteroatoms. The Kier molecular flexibility index (Phi) is 7.42. The number of ether oxygens (including phenoxy) is 2. The van der Waals surface area contributed by atoms with E-state index in [1.54, 1.807) is 58.0 Å². The maximum atomic E-state index is 12.3. The van der Waals surface area contributed by atoms with E-state index in [1.807, 2.05) is 0 Å². The monoisotopic (exact) mass is 420 g/mol. The Morgan fingerprint density at radius 3 is 2.30 bits per heavy atom. The van der Waals surface area contributed by atoms with Gasteiger partial charge in [-0.2, -0.15) is 0 Å². The fraction of sp³-hybridized carbons (Fsp3) is 0.524. The zero-order valence-corrected chi connectivity index (χ0v) is 17.5. The molecule has 0 radical (unpaired) electrons. The molecule has 1 aliphatic rings. The number of carbonyl (C=O) groups is 4. The van der Waals surface area contributed by atoms with Gasteiger partial charge in [-0.15, -0.1) is 0 Å². The number of alkyl carbamates (subject to hydrolysis) is 1. The molecule has 2 amide bonds. The van der Waals surface area contributed by atoms with Gasteiger partial charge in [0.15, 0.2) is 0 Å². The molecule has 1 fully saturated rings. The number of carboxylic acids is 1. The molecule has 0 heterocycles. The number of aliphatic carboxylic acids is 1. The predicted molar refractivity (Wildman–Crippen MR) is 107 cm³/mol. The average molecular weight is 420 g/mol. The standard InChI is InChI=1S/C21H28N2O7/c1-5-29-19(27)15-13(11-22-17(24)12-9-7-6-8-10-12)14(15)16(18(25)26)23-20(28)30-21(2,3)4/h6-10,13-16H,5,11H2,1-4H3,(H,22,24)(H,23,28)(H,25,26)/t13?,14?,15?,16-/m0/s1. The van der Waals surface area contributed by atoms with Crippen LogP contribution >= 0.6 is 0 Å². The van der Waals surface area contributed by atoms with Gasteiger partial charge in [0.05, 0.1) is 12.5 Å². The quantitative estimate of drug-likeness (QED) is 0.547. The SMILES string of the molecule is CCOC(=O)C1C(CNC(=O)c2ccccc2)C1[C@H](NC(=O)OC(C)(C)C)C(=O)O. The molecule has 1 aromatic rings. The number of nitrogens with one attached hydrogen (secondary N) is 2. The fourth-order valence-electron chi connectivity index (χ4n) is 3.35. The van der Waals surface area contributed by atoms with E-state index in [0.717, 1.165) is 0 Å². The zero-order chi connectivity index (χ0) is 22.5. The van der Waals surface area contributed by atoms with Crippen molar-refractivity contribution in [2.75, 3.05) is 13.2 Å². The summed E-state index contributed by atoms with van der Waals surface area (Å²) in [5, 5.41) is 14.7. The molecule has 164 valence electrons. The summed E-state index contributed by atoms with van der Waals surface area (Å²) < 4.78 is 10.2. The Morgan fingerprint density at radius 1 is 1.13 bits per heavy atom. The van der Waals surface area contributed by atoms with Crippen molar-refractivity contribution in [3.8, 4) is 0 Å². The molecule has 1 aliphatic carbocycles. The molecule has 0 saturated heterocycles. The van der Waals surface area contributed by atoms with E-state index in [9.17, 15) is 24.3 Å². The summed E-state index contributed by atoms with van der Waals surface area (Å²) in [4.78, 5) is 48.5. The number of carbonyl (C=O) groups excluding carboxylic acids is 3. The van der Waals surface area contributed by atoms with Crippen LogP contribution in [0.5, 0.6) is 0 Å². The van der Waals surface area contributed by atoms with Crippen LogP contribution in [0, 0.1) is 17.8 Å². The number of carboxylic acid groups (broad SMARTS) is 1.